The standard InChI is InChI=1S/C17H27ClN2/c1-3-10-20(12-15-6-8-19-9-7-15)13-16-5-4-14(2)17(18)11-16/h4-5,11,15,19H,3,6-10,12-13H2,1-2H3. The lowest BCUT2D eigenvalue weighted by Gasteiger charge is -2.30. The van der Waals surface area contributed by atoms with E-state index in [1.807, 2.05) is 0 Å². The Morgan fingerprint density at radius 1 is 1.30 bits per heavy atom. The van der Waals surface area contributed by atoms with Gasteiger partial charge in [0.2, 0.25) is 0 Å². The van der Waals surface area contributed by atoms with Gasteiger partial charge in [0.1, 0.15) is 0 Å². The first-order valence-corrected chi connectivity index (χ1v) is 8.25. The molecule has 2 nitrogen and oxygen atoms in total. The van der Waals surface area contributed by atoms with Crippen LogP contribution in [0.5, 0.6) is 0 Å². The molecule has 0 unspecified atom stereocenters. The van der Waals surface area contributed by atoms with Crippen LogP contribution in [0, 0.1) is 12.8 Å². The first-order valence-electron chi connectivity index (χ1n) is 7.87. The van der Waals surface area contributed by atoms with Gasteiger partial charge in [0.25, 0.3) is 0 Å². The molecule has 1 fully saturated rings. The first kappa shape index (κ1) is 15.8. The normalized spacial score (nSPS) is 16.8. The minimum atomic E-state index is 0.851. The number of hydrogen-bond donors (Lipinski definition) is 1. The highest BCUT2D eigenvalue weighted by Gasteiger charge is 2.17. The molecule has 112 valence electrons. The van der Waals surface area contributed by atoms with Gasteiger partial charge in [-0.2, -0.15) is 0 Å². The summed E-state index contributed by atoms with van der Waals surface area (Å²) in [6, 6.07) is 6.47. The Kier molecular flexibility index (Phi) is 6.34. The molecule has 1 aliphatic rings. The van der Waals surface area contributed by atoms with Crippen molar-refractivity contribution in [3.05, 3.63) is 34.3 Å². The van der Waals surface area contributed by atoms with Crippen LogP contribution in [0.1, 0.15) is 37.3 Å². The van der Waals surface area contributed by atoms with E-state index in [-0.39, 0.29) is 0 Å². The summed E-state index contributed by atoms with van der Waals surface area (Å²) in [6.45, 7) is 10.1. The second-order valence-corrected chi connectivity index (χ2v) is 6.42. The first-order chi connectivity index (χ1) is 9.69. The monoisotopic (exact) mass is 294 g/mol. The molecule has 0 radical (unpaired) electrons. The molecular weight excluding hydrogens is 268 g/mol. The van der Waals surface area contributed by atoms with E-state index in [1.165, 1.54) is 51.0 Å². The summed E-state index contributed by atoms with van der Waals surface area (Å²) in [5.74, 6) is 0.851. The molecule has 3 heteroatoms. The molecular formula is C17H27ClN2. The zero-order valence-corrected chi connectivity index (χ0v) is 13.5. The third-order valence-corrected chi connectivity index (χ3v) is 4.56. The summed E-state index contributed by atoms with van der Waals surface area (Å²) in [5.41, 5.74) is 2.50. The fourth-order valence-electron chi connectivity index (χ4n) is 2.97. The van der Waals surface area contributed by atoms with Crippen molar-refractivity contribution in [2.24, 2.45) is 5.92 Å². The predicted molar refractivity (Wildman–Crippen MR) is 87.4 cm³/mol. The molecule has 0 saturated carbocycles. The zero-order valence-electron chi connectivity index (χ0n) is 12.8. The van der Waals surface area contributed by atoms with Gasteiger partial charge < -0.3 is 5.32 Å². The highest BCUT2D eigenvalue weighted by atomic mass is 35.5. The van der Waals surface area contributed by atoms with Gasteiger partial charge >= 0.3 is 0 Å². The summed E-state index contributed by atoms with van der Waals surface area (Å²) < 4.78 is 0. The van der Waals surface area contributed by atoms with Crippen molar-refractivity contribution in [1.29, 1.82) is 0 Å². The number of aryl methyl sites for hydroxylation is 1. The maximum Gasteiger partial charge on any atom is 0.0438 e. The van der Waals surface area contributed by atoms with Crippen LogP contribution in [0.2, 0.25) is 5.02 Å². The maximum atomic E-state index is 6.24. The molecule has 20 heavy (non-hydrogen) atoms. The highest BCUT2D eigenvalue weighted by Crippen LogP contribution is 2.20. The zero-order chi connectivity index (χ0) is 14.4. The Morgan fingerprint density at radius 3 is 2.70 bits per heavy atom. The molecule has 1 aliphatic heterocycles. The van der Waals surface area contributed by atoms with Crippen LogP contribution in [0.4, 0.5) is 0 Å². The molecule has 1 heterocycles. The summed E-state index contributed by atoms with van der Waals surface area (Å²) in [5, 5.41) is 4.34. The number of hydrogen-bond acceptors (Lipinski definition) is 2. The molecule has 0 atom stereocenters. The van der Waals surface area contributed by atoms with E-state index in [4.69, 9.17) is 11.6 Å². The van der Waals surface area contributed by atoms with E-state index in [0.29, 0.717) is 0 Å². The van der Waals surface area contributed by atoms with Gasteiger partial charge in [0.15, 0.2) is 0 Å². The van der Waals surface area contributed by atoms with Crippen molar-refractivity contribution < 1.29 is 0 Å². The number of rotatable bonds is 6. The molecule has 2 rings (SSSR count). The van der Waals surface area contributed by atoms with Crippen LogP contribution in [0.15, 0.2) is 18.2 Å². The SMILES string of the molecule is CCCN(Cc1ccc(C)c(Cl)c1)CC1CCNCC1. The van der Waals surface area contributed by atoms with E-state index >= 15 is 0 Å². The number of benzene rings is 1. The van der Waals surface area contributed by atoms with Crippen molar-refractivity contribution >= 4 is 11.6 Å². The van der Waals surface area contributed by atoms with Crippen LogP contribution in [-0.4, -0.2) is 31.1 Å². The number of piperidine rings is 1. The molecule has 1 aromatic carbocycles. The van der Waals surface area contributed by atoms with Gasteiger partial charge in [-0.3, -0.25) is 4.90 Å². The van der Waals surface area contributed by atoms with Crippen LogP contribution in [0.25, 0.3) is 0 Å². The van der Waals surface area contributed by atoms with Crippen molar-refractivity contribution in [2.45, 2.75) is 39.7 Å². The van der Waals surface area contributed by atoms with Crippen molar-refractivity contribution in [1.82, 2.24) is 10.2 Å². The molecule has 1 aromatic rings. The molecule has 0 aromatic heterocycles. The Morgan fingerprint density at radius 2 is 2.05 bits per heavy atom. The minimum absolute atomic E-state index is 0.851. The molecule has 0 bridgehead atoms. The predicted octanol–water partition coefficient (Wildman–Crippen LogP) is 3.86. The van der Waals surface area contributed by atoms with Crippen LogP contribution < -0.4 is 5.32 Å². The van der Waals surface area contributed by atoms with E-state index in [0.717, 1.165) is 23.0 Å². The van der Waals surface area contributed by atoms with Gasteiger partial charge in [-0.05, 0) is 68.9 Å². The third-order valence-electron chi connectivity index (χ3n) is 4.16. The average Bonchev–Trinajstić information content (AvgIpc) is 2.44. The Bertz CT molecular complexity index is 413. The van der Waals surface area contributed by atoms with Crippen molar-refractivity contribution in [3.8, 4) is 0 Å². The minimum Gasteiger partial charge on any atom is -0.317 e. The summed E-state index contributed by atoms with van der Waals surface area (Å²) in [6.07, 6.45) is 3.84. The molecule has 0 aliphatic carbocycles. The molecule has 0 spiro atoms. The van der Waals surface area contributed by atoms with Crippen LogP contribution >= 0.6 is 11.6 Å². The van der Waals surface area contributed by atoms with Gasteiger partial charge in [-0.15, -0.1) is 0 Å². The van der Waals surface area contributed by atoms with E-state index < -0.39 is 0 Å². The number of nitrogens with zero attached hydrogens (tertiary/aromatic N) is 1. The molecule has 1 saturated heterocycles. The lowest BCUT2D eigenvalue weighted by atomic mass is 9.97. The smallest absolute Gasteiger partial charge is 0.0438 e. The fraction of sp³-hybridized carbons (Fsp3) is 0.647. The second-order valence-electron chi connectivity index (χ2n) is 6.01. The summed E-state index contributed by atoms with van der Waals surface area (Å²) in [7, 11) is 0. The fourth-order valence-corrected chi connectivity index (χ4v) is 3.18. The lowest BCUT2D eigenvalue weighted by molar-refractivity contribution is 0.199. The highest BCUT2D eigenvalue weighted by molar-refractivity contribution is 6.31. The van der Waals surface area contributed by atoms with Gasteiger partial charge in [0.05, 0.1) is 0 Å². The van der Waals surface area contributed by atoms with Crippen molar-refractivity contribution in [3.63, 3.8) is 0 Å². The van der Waals surface area contributed by atoms with Gasteiger partial charge in [-0.25, -0.2) is 0 Å². The largest absolute Gasteiger partial charge is 0.317 e. The Labute approximate surface area is 128 Å². The molecule has 0 amide bonds. The van der Waals surface area contributed by atoms with Gasteiger partial charge in [-0.1, -0.05) is 30.7 Å². The van der Waals surface area contributed by atoms with E-state index in [2.05, 4.69) is 42.3 Å². The summed E-state index contributed by atoms with van der Waals surface area (Å²) >= 11 is 6.24. The number of nitrogens with one attached hydrogen (secondary N) is 1. The third kappa shape index (κ3) is 4.76. The Hall–Kier alpha value is -0.570. The van der Waals surface area contributed by atoms with E-state index in [1.54, 1.807) is 0 Å². The Balaban J connectivity index is 1.94. The quantitative estimate of drug-likeness (QED) is 0.857. The van der Waals surface area contributed by atoms with Crippen molar-refractivity contribution in [2.75, 3.05) is 26.2 Å². The van der Waals surface area contributed by atoms with Crippen LogP contribution in [-0.2, 0) is 6.54 Å². The lowest BCUT2D eigenvalue weighted by Crippen LogP contribution is -2.36. The maximum absolute atomic E-state index is 6.24. The van der Waals surface area contributed by atoms with Gasteiger partial charge in [0, 0.05) is 18.1 Å². The molecule has 1 N–H and O–H groups in total. The van der Waals surface area contributed by atoms with E-state index in [9.17, 15) is 0 Å². The topological polar surface area (TPSA) is 15.3 Å². The average molecular weight is 295 g/mol. The number of halogens is 1. The second kappa shape index (κ2) is 8.02. The van der Waals surface area contributed by atoms with Crippen LogP contribution in [0.3, 0.4) is 0 Å². The summed E-state index contributed by atoms with van der Waals surface area (Å²) in [4.78, 5) is 2.59.